The smallest absolute Gasteiger partial charge is 0.329 e. The molecule has 0 fully saturated rings. The highest BCUT2D eigenvalue weighted by atomic mass is 16.5. The first kappa shape index (κ1) is 14.8. The average molecular weight is 294 g/mol. The highest BCUT2D eigenvalue weighted by Gasteiger charge is 2.23. The van der Waals surface area contributed by atoms with Crippen molar-refractivity contribution in [2.24, 2.45) is 0 Å². The fourth-order valence-electron chi connectivity index (χ4n) is 1.71. The Morgan fingerprint density at radius 3 is 2.90 bits per heavy atom. The van der Waals surface area contributed by atoms with Crippen LogP contribution in [0.3, 0.4) is 0 Å². The number of fused-ring (bicyclic) bond motifs is 1. The lowest BCUT2D eigenvalue weighted by atomic mass is 10.2. The van der Waals surface area contributed by atoms with Crippen molar-refractivity contribution >= 4 is 29.2 Å². The zero-order chi connectivity index (χ0) is 15.4. The zero-order valence-electron chi connectivity index (χ0n) is 11.2. The van der Waals surface area contributed by atoms with E-state index >= 15 is 0 Å². The van der Waals surface area contributed by atoms with E-state index in [1.54, 1.807) is 25.1 Å². The normalized spacial score (nSPS) is 16.4. The molecule has 0 saturated carbocycles. The number of carboxylic acid groups (broad SMARTS) is 1. The molecule has 1 aliphatic heterocycles. The minimum absolute atomic E-state index is 0.268. The van der Waals surface area contributed by atoms with Crippen LogP contribution in [0.4, 0.5) is 11.4 Å². The first-order valence-corrected chi connectivity index (χ1v) is 6.16. The van der Waals surface area contributed by atoms with Gasteiger partial charge in [-0.2, -0.15) is 0 Å². The van der Waals surface area contributed by atoms with Crippen LogP contribution in [-0.2, 0) is 19.1 Å². The van der Waals surface area contributed by atoms with Gasteiger partial charge in [0, 0.05) is 5.69 Å². The van der Waals surface area contributed by atoms with Crippen LogP contribution >= 0.6 is 0 Å². The number of benzene rings is 1. The Morgan fingerprint density at radius 1 is 1.43 bits per heavy atom. The van der Waals surface area contributed by atoms with Crippen LogP contribution in [0.5, 0.6) is 5.75 Å². The molecule has 21 heavy (non-hydrogen) atoms. The number of hydrogen-bond donors (Lipinski definition) is 3. The van der Waals surface area contributed by atoms with Crippen molar-refractivity contribution in [3.63, 3.8) is 0 Å². The van der Waals surface area contributed by atoms with Crippen LogP contribution in [0, 0.1) is 0 Å². The fraction of sp³-hybridized carbons (Fsp3) is 0.308. The van der Waals surface area contributed by atoms with Crippen LogP contribution < -0.4 is 15.4 Å². The van der Waals surface area contributed by atoms with Crippen LogP contribution in [0.2, 0.25) is 0 Å². The lowest BCUT2D eigenvalue weighted by Crippen LogP contribution is -2.34. The number of nitrogens with one attached hydrogen (secondary N) is 2. The largest absolute Gasteiger partial charge is 0.480 e. The van der Waals surface area contributed by atoms with Gasteiger partial charge in [0.05, 0.1) is 5.69 Å². The molecule has 0 spiro atoms. The number of carboxylic acids is 1. The van der Waals surface area contributed by atoms with Gasteiger partial charge in [0.1, 0.15) is 19.0 Å². The van der Waals surface area contributed by atoms with Crippen molar-refractivity contribution < 1.29 is 29.0 Å². The number of carbonyl (C=O) groups is 3. The Morgan fingerprint density at radius 2 is 2.19 bits per heavy atom. The van der Waals surface area contributed by atoms with Gasteiger partial charge in [-0.1, -0.05) is 0 Å². The van der Waals surface area contributed by atoms with Crippen molar-refractivity contribution in [3.05, 3.63) is 18.2 Å². The number of rotatable bonds is 5. The summed E-state index contributed by atoms with van der Waals surface area (Å²) >= 11 is 0. The second kappa shape index (κ2) is 6.23. The monoisotopic (exact) mass is 294 g/mol. The highest BCUT2D eigenvalue weighted by Crippen LogP contribution is 2.32. The highest BCUT2D eigenvalue weighted by molar-refractivity contribution is 5.99. The van der Waals surface area contributed by atoms with E-state index in [2.05, 4.69) is 15.4 Å². The molecule has 3 N–H and O–H groups in total. The number of aliphatic carboxylic acids is 1. The van der Waals surface area contributed by atoms with Gasteiger partial charge >= 0.3 is 5.97 Å². The standard InChI is InChI=1S/C13H14N2O6/c1-7-13(19)15-9-4-8(2-3-10(9)21-7)14-11(16)5-20-6-12(17)18/h2-4,7H,5-6H2,1H3,(H,14,16)(H,15,19)(H,17,18). The van der Waals surface area contributed by atoms with E-state index in [1.165, 1.54) is 0 Å². The number of hydrogen-bond acceptors (Lipinski definition) is 5. The van der Waals surface area contributed by atoms with E-state index in [9.17, 15) is 14.4 Å². The molecule has 112 valence electrons. The summed E-state index contributed by atoms with van der Waals surface area (Å²) in [5.74, 6) is -1.39. The molecular formula is C13H14N2O6. The van der Waals surface area contributed by atoms with Crippen molar-refractivity contribution in [1.82, 2.24) is 0 Å². The lowest BCUT2D eigenvalue weighted by Gasteiger charge is -2.23. The summed E-state index contributed by atoms with van der Waals surface area (Å²) < 4.78 is 10.0. The van der Waals surface area contributed by atoms with Gasteiger partial charge in [-0.15, -0.1) is 0 Å². The van der Waals surface area contributed by atoms with E-state index in [0.717, 1.165) is 0 Å². The predicted molar refractivity (Wildman–Crippen MR) is 72.2 cm³/mol. The number of amides is 2. The quantitative estimate of drug-likeness (QED) is 0.726. The van der Waals surface area contributed by atoms with Gasteiger partial charge in [-0.05, 0) is 25.1 Å². The van der Waals surface area contributed by atoms with Gasteiger partial charge in [-0.3, -0.25) is 9.59 Å². The Labute approximate surface area is 120 Å². The lowest BCUT2D eigenvalue weighted by molar-refractivity contribution is -0.143. The maximum absolute atomic E-state index is 11.5. The zero-order valence-corrected chi connectivity index (χ0v) is 11.2. The summed E-state index contributed by atoms with van der Waals surface area (Å²) in [7, 11) is 0. The Bertz CT molecular complexity index is 586. The molecule has 2 rings (SSSR count). The molecule has 1 heterocycles. The molecule has 2 amide bonds. The summed E-state index contributed by atoms with van der Waals surface area (Å²) in [4.78, 5) is 33.3. The van der Waals surface area contributed by atoms with Gasteiger partial charge in [0.2, 0.25) is 5.91 Å². The molecular weight excluding hydrogens is 280 g/mol. The van der Waals surface area contributed by atoms with Crippen molar-refractivity contribution in [3.8, 4) is 5.75 Å². The average Bonchev–Trinajstić information content (AvgIpc) is 2.40. The molecule has 0 radical (unpaired) electrons. The Balaban J connectivity index is 1.96. The SMILES string of the molecule is CC1Oc2ccc(NC(=O)COCC(=O)O)cc2NC1=O. The molecule has 0 bridgehead atoms. The van der Waals surface area contributed by atoms with Crippen LogP contribution in [0.15, 0.2) is 18.2 Å². The Hall–Kier alpha value is -2.61. The second-order valence-electron chi connectivity index (χ2n) is 4.39. The molecule has 1 aromatic carbocycles. The Kier molecular flexibility index (Phi) is 4.39. The van der Waals surface area contributed by atoms with Gasteiger partial charge in [0.15, 0.2) is 6.10 Å². The molecule has 1 aromatic rings. The van der Waals surface area contributed by atoms with E-state index in [4.69, 9.17) is 9.84 Å². The molecule has 1 atom stereocenters. The van der Waals surface area contributed by atoms with Crippen molar-refractivity contribution in [2.45, 2.75) is 13.0 Å². The van der Waals surface area contributed by atoms with Crippen LogP contribution in [-0.4, -0.2) is 42.2 Å². The molecule has 0 aromatic heterocycles. The number of anilines is 2. The van der Waals surface area contributed by atoms with Gasteiger partial charge in [0.25, 0.3) is 5.91 Å². The molecule has 1 unspecified atom stereocenters. The topological polar surface area (TPSA) is 114 Å². The fourth-order valence-corrected chi connectivity index (χ4v) is 1.71. The molecule has 1 aliphatic rings. The third-order valence-corrected chi connectivity index (χ3v) is 2.65. The molecule has 8 heteroatoms. The van der Waals surface area contributed by atoms with Crippen LogP contribution in [0.25, 0.3) is 0 Å². The maximum atomic E-state index is 11.5. The summed E-state index contributed by atoms with van der Waals surface area (Å²) in [6.07, 6.45) is -0.567. The number of carbonyl (C=O) groups excluding carboxylic acids is 2. The van der Waals surface area contributed by atoms with Gasteiger partial charge in [-0.25, -0.2) is 4.79 Å². The van der Waals surface area contributed by atoms with Crippen molar-refractivity contribution in [1.29, 1.82) is 0 Å². The first-order valence-electron chi connectivity index (χ1n) is 6.16. The van der Waals surface area contributed by atoms with E-state index in [-0.39, 0.29) is 12.5 Å². The van der Waals surface area contributed by atoms with E-state index in [0.29, 0.717) is 17.1 Å². The van der Waals surface area contributed by atoms with E-state index in [1.807, 2.05) is 0 Å². The van der Waals surface area contributed by atoms with E-state index < -0.39 is 24.6 Å². The predicted octanol–water partition coefficient (Wildman–Crippen LogP) is 0.446. The van der Waals surface area contributed by atoms with Crippen LogP contribution in [0.1, 0.15) is 6.92 Å². The second-order valence-corrected chi connectivity index (χ2v) is 4.39. The summed E-state index contributed by atoms with van der Waals surface area (Å²) in [6.45, 7) is 0.719. The maximum Gasteiger partial charge on any atom is 0.329 e. The minimum atomic E-state index is -1.15. The summed E-state index contributed by atoms with van der Waals surface area (Å²) in [5, 5.41) is 13.6. The van der Waals surface area contributed by atoms with Gasteiger partial charge < -0.3 is 25.2 Å². The molecule has 8 nitrogen and oxygen atoms in total. The summed E-state index contributed by atoms with van der Waals surface area (Å²) in [5.41, 5.74) is 0.901. The summed E-state index contributed by atoms with van der Waals surface area (Å²) in [6, 6.07) is 4.78. The van der Waals surface area contributed by atoms with Crippen molar-refractivity contribution in [2.75, 3.05) is 23.8 Å². The number of ether oxygens (including phenoxy) is 2. The third-order valence-electron chi connectivity index (χ3n) is 2.65. The minimum Gasteiger partial charge on any atom is -0.480 e. The third kappa shape index (κ3) is 3.93. The first-order chi connectivity index (χ1) is 9.95. The molecule has 0 saturated heterocycles. The molecule has 0 aliphatic carbocycles.